The lowest BCUT2D eigenvalue weighted by Gasteiger charge is -2.09. The van der Waals surface area contributed by atoms with Gasteiger partial charge in [-0.05, 0) is 18.6 Å². The molecule has 2 aromatic rings. The van der Waals surface area contributed by atoms with Crippen molar-refractivity contribution in [3.63, 3.8) is 0 Å². The molecule has 0 fully saturated rings. The second-order valence-corrected chi connectivity index (χ2v) is 4.37. The van der Waals surface area contributed by atoms with Gasteiger partial charge in [-0.1, -0.05) is 25.1 Å². The van der Waals surface area contributed by atoms with E-state index in [2.05, 4.69) is 27.5 Å². The van der Waals surface area contributed by atoms with Gasteiger partial charge in [0.05, 0.1) is 11.4 Å². The van der Waals surface area contributed by atoms with Gasteiger partial charge in [0.2, 0.25) is 5.95 Å². The number of fused-ring (bicyclic) bond motifs is 1. The summed E-state index contributed by atoms with van der Waals surface area (Å²) in [6.45, 7) is 3.87. The molecule has 18 heavy (non-hydrogen) atoms. The van der Waals surface area contributed by atoms with Crippen LogP contribution in [-0.4, -0.2) is 9.97 Å². The lowest BCUT2D eigenvalue weighted by molar-refractivity contribution is 0.755. The number of hydrogen-bond acceptors (Lipinski definition) is 4. The highest BCUT2D eigenvalue weighted by molar-refractivity contribution is 5.53. The minimum absolute atomic E-state index is 0.695. The van der Waals surface area contributed by atoms with Crippen LogP contribution in [0, 0.1) is 0 Å². The van der Waals surface area contributed by atoms with Crippen LogP contribution in [0.5, 0.6) is 0 Å². The van der Waals surface area contributed by atoms with Crippen LogP contribution in [0.3, 0.4) is 0 Å². The van der Waals surface area contributed by atoms with E-state index in [0.717, 1.165) is 36.6 Å². The fraction of sp³-hybridized carbons (Fsp3) is 0.286. The van der Waals surface area contributed by atoms with Crippen molar-refractivity contribution in [2.24, 2.45) is 0 Å². The molecular formula is C14H16N4. The summed E-state index contributed by atoms with van der Waals surface area (Å²) in [6.07, 6.45) is 0.940. The van der Waals surface area contributed by atoms with E-state index in [1.54, 1.807) is 0 Å². The summed E-state index contributed by atoms with van der Waals surface area (Å²) in [5.74, 6) is 0.695. The molecule has 1 aromatic carbocycles. The summed E-state index contributed by atoms with van der Waals surface area (Å²) in [7, 11) is 0. The van der Waals surface area contributed by atoms with Gasteiger partial charge in [0.1, 0.15) is 0 Å². The molecule has 4 nitrogen and oxygen atoms in total. The number of anilines is 2. The molecular weight excluding hydrogens is 224 g/mol. The van der Waals surface area contributed by atoms with Crippen molar-refractivity contribution in [3.8, 4) is 0 Å². The summed E-state index contributed by atoms with van der Waals surface area (Å²) in [5, 5.41) is 6.58. The molecule has 0 aliphatic carbocycles. The molecule has 92 valence electrons. The molecule has 0 bridgehead atoms. The maximum Gasteiger partial charge on any atom is 0.227 e. The van der Waals surface area contributed by atoms with Crippen LogP contribution < -0.4 is 10.6 Å². The van der Waals surface area contributed by atoms with Gasteiger partial charge in [-0.25, -0.2) is 9.97 Å². The Balaban J connectivity index is 1.94. The molecule has 0 unspecified atom stereocenters. The number of nitrogens with one attached hydrogen (secondary N) is 2. The molecule has 1 aliphatic rings. The summed E-state index contributed by atoms with van der Waals surface area (Å²) in [4.78, 5) is 9.17. The van der Waals surface area contributed by atoms with Gasteiger partial charge >= 0.3 is 0 Å². The topological polar surface area (TPSA) is 49.8 Å². The maximum absolute atomic E-state index is 4.60. The van der Waals surface area contributed by atoms with Crippen molar-refractivity contribution in [1.29, 1.82) is 0 Å². The molecule has 0 saturated carbocycles. The summed E-state index contributed by atoms with van der Waals surface area (Å²) < 4.78 is 0. The highest BCUT2D eigenvalue weighted by atomic mass is 15.1. The molecule has 0 saturated heterocycles. The lowest BCUT2D eigenvalue weighted by Crippen LogP contribution is -2.05. The Hall–Kier alpha value is -1.94. The molecule has 0 spiro atoms. The minimum Gasteiger partial charge on any atom is -0.324 e. The second kappa shape index (κ2) is 4.74. The van der Waals surface area contributed by atoms with E-state index in [4.69, 9.17) is 0 Å². The number of para-hydroxylation sites is 1. The zero-order chi connectivity index (χ0) is 12.4. The molecule has 3 rings (SSSR count). The number of hydrogen-bond donors (Lipinski definition) is 2. The zero-order valence-corrected chi connectivity index (χ0v) is 10.4. The van der Waals surface area contributed by atoms with Crippen LogP contribution in [-0.2, 0) is 19.5 Å². The van der Waals surface area contributed by atoms with Gasteiger partial charge in [-0.15, -0.1) is 0 Å². The largest absolute Gasteiger partial charge is 0.324 e. The maximum atomic E-state index is 4.60. The van der Waals surface area contributed by atoms with E-state index in [0.29, 0.717) is 5.95 Å². The summed E-state index contributed by atoms with van der Waals surface area (Å²) in [5.41, 5.74) is 4.56. The van der Waals surface area contributed by atoms with Gasteiger partial charge in [0.15, 0.2) is 0 Å². The van der Waals surface area contributed by atoms with Crippen LogP contribution in [0.1, 0.15) is 23.9 Å². The molecule has 0 radical (unpaired) electrons. The first kappa shape index (κ1) is 11.2. The third kappa shape index (κ3) is 2.07. The zero-order valence-electron chi connectivity index (χ0n) is 10.4. The Bertz CT molecular complexity index is 551. The van der Waals surface area contributed by atoms with E-state index in [1.807, 2.05) is 30.3 Å². The number of benzene rings is 1. The van der Waals surface area contributed by atoms with Crippen molar-refractivity contribution in [2.45, 2.75) is 26.4 Å². The lowest BCUT2D eigenvalue weighted by atomic mass is 10.1. The van der Waals surface area contributed by atoms with Crippen molar-refractivity contribution in [2.75, 3.05) is 5.32 Å². The first-order valence-electron chi connectivity index (χ1n) is 6.28. The van der Waals surface area contributed by atoms with Crippen LogP contribution >= 0.6 is 0 Å². The van der Waals surface area contributed by atoms with Crippen molar-refractivity contribution in [3.05, 3.63) is 47.3 Å². The molecule has 4 heteroatoms. The predicted molar refractivity (Wildman–Crippen MR) is 71.7 cm³/mol. The Morgan fingerprint density at radius 1 is 1.17 bits per heavy atom. The molecule has 1 aromatic heterocycles. The fourth-order valence-corrected chi connectivity index (χ4v) is 2.24. The van der Waals surface area contributed by atoms with E-state index in [9.17, 15) is 0 Å². The normalized spacial score (nSPS) is 13.4. The SMILES string of the molecule is CCc1nc(Nc2ccccc2)nc2c1CNC2. The monoisotopic (exact) mass is 240 g/mol. The Labute approximate surface area is 106 Å². The molecule has 1 aliphatic heterocycles. The number of rotatable bonds is 3. The van der Waals surface area contributed by atoms with Crippen LogP contribution in [0.25, 0.3) is 0 Å². The van der Waals surface area contributed by atoms with Crippen LogP contribution in [0.4, 0.5) is 11.6 Å². The van der Waals surface area contributed by atoms with Gasteiger partial charge < -0.3 is 10.6 Å². The Morgan fingerprint density at radius 3 is 2.78 bits per heavy atom. The predicted octanol–water partition coefficient (Wildman–Crippen LogP) is 2.39. The van der Waals surface area contributed by atoms with Crippen molar-refractivity contribution in [1.82, 2.24) is 15.3 Å². The summed E-state index contributed by atoms with van der Waals surface area (Å²) in [6, 6.07) is 10.0. The Kier molecular flexibility index (Phi) is 2.94. The quantitative estimate of drug-likeness (QED) is 0.865. The third-order valence-corrected chi connectivity index (χ3v) is 3.14. The first-order valence-corrected chi connectivity index (χ1v) is 6.28. The van der Waals surface area contributed by atoms with E-state index >= 15 is 0 Å². The van der Waals surface area contributed by atoms with Crippen LogP contribution in [0.2, 0.25) is 0 Å². The summed E-state index contributed by atoms with van der Waals surface area (Å²) >= 11 is 0. The standard InChI is InChI=1S/C14H16N4/c1-2-12-11-8-15-9-13(11)18-14(17-12)16-10-6-4-3-5-7-10/h3-7,15H,2,8-9H2,1H3,(H,16,17,18). The molecule has 0 atom stereocenters. The number of aryl methyl sites for hydroxylation is 1. The van der Waals surface area contributed by atoms with Crippen LogP contribution in [0.15, 0.2) is 30.3 Å². The van der Waals surface area contributed by atoms with Gasteiger partial charge in [-0.3, -0.25) is 0 Å². The highest BCUT2D eigenvalue weighted by Crippen LogP contribution is 2.21. The van der Waals surface area contributed by atoms with Crippen molar-refractivity contribution < 1.29 is 0 Å². The molecule has 2 heterocycles. The smallest absolute Gasteiger partial charge is 0.227 e. The van der Waals surface area contributed by atoms with Gasteiger partial charge in [0, 0.05) is 24.3 Å². The number of nitrogens with zero attached hydrogens (tertiary/aromatic N) is 2. The Morgan fingerprint density at radius 2 is 2.00 bits per heavy atom. The molecule has 0 amide bonds. The van der Waals surface area contributed by atoms with E-state index in [1.165, 1.54) is 5.56 Å². The highest BCUT2D eigenvalue weighted by Gasteiger charge is 2.17. The van der Waals surface area contributed by atoms with Gasteiger partial charge in [-0.2, -0.15) is 0 Å². The average Bonchev–Trinajstić information content (AvgIpc) is 2.87. The second-order valence-electron chi connectivity index (χ2n) is 4.37. The third-order valence-electron chi connectivity index (χ3n) is 3.14. The van der Waals surface area contributed by atoms with E-state index < -0.39 is 0 Å². The average molecular weight is 240 g/mol. The minimum atomic E-state index is 0.695. The number of aromatic nitrogens is 2. The van der Waals surface area contributed by atoms with Crippen molar-refractivity contribution >= 4 is 11.6 Å². The van der Waals surface area contributed by atoms with E-state index in [-0.39, 0.29) is 0 Å². The first-order chi connectivity index (χ1) is 8.86. The van der Waals surface area contributed by atoms with Gasteiger partial charge in [0.25, 0.3) is 0 Å². The molecule has 2 N–H and O–H groups in total. The fourth-order valence-electron chi connectivity index (χ4n) is 2.24.